The summed E-state index contributed by atoms with van der Waals surface area (Å²) in [7, 11) is 2.13. The number of nitro groups is 1. The van der Waals surface area contributed by atoms with E-state index in [1.54, 1.807) is 6.07 Å². The van der Waals surface area contributed by atoms with Crippen molar-refractivity contribution in [2.75, 3.05) is 51.2 Å². The van der Waals surface area contributed by atoms with Crippen molar-refractivity contribution in [1.82, 2.24) is 9.80 Å². The zero-order valence-corrected chi connectivity index (χ0v) is 14.8. The lowest BCUT2D eigenvalue weighted by Crippen LogP contribution is -2.52. The number of rotatable bonds is 5. The SMILES string of the molecule is CN1CCN(C2CCN(c3ccc([N+](=O)[O-])c(OC(F)F)c3)CC2)CC1. The van der Waals surface area contributed by atoms with Gasteiger partial charge in [-0.3, -0.25) is 15.0 Å². The molecule has 0 bridgehead atoms. The molecule has 2 fully saturated rings. The summed E-state index contributed by atoms with van der Waals surface area (Å²) < 4.78 is 29.5. The molecule has 0 amide bonds. The lowest BCUT2D eigenvalue weighted by molar-refractivity contribution is -0.386. The highest BCUT2D eigenvalue weighted by atomic mass is 19.3. The van der Waals surface area contributed by atoms with Crippen LogP contribution in [0.4, 0.5) is 20.2 Å². The molecule has 9 heteroatoms. The predicted octanol–water partition coefficient (Wildman–Crippen LogP) is 2.41. The number of nitrogens with zero attached hydrogens (tertiary/aromatic N) is 4. The minimum absolute atomic E-state index is 0.385. The molecule has 0 atom stereocenters. The Hall–Kier alpha value is -2.00. The largest absolute Gasteiger partial charge is 0.427 e. The maximum absolute atomic E-state index is 12.6. The second-order valence-electron chi connectivity index (χ2n) is 6.85. The van der Waals surface area contributed by atoms with Crippen LogP contribution in [0.1, 0.15) is 12.8 Å². The second-order valence-corrected chi connectivity index (χ2v) is 6.85. The summed E-state index contributed by atoms with van der Waals surface area (Å²) in [5.41, 5.74) is 0.240. The quantitative estimate of drug-likeness (QED) is 0.586. The Balaban J connectivity index is 1.64. The minimum Gasteiger partial charge on any atom is -0.427 e. The van der Waals surface area contributed by atoms with Gasteiger partial charge in [0.25, 0.3) is 0 Å². The van der Waals surface area contributed by atoms with E-state index in [-0.39, 0.29) is 5.75 Å². The average molecular weight is 370 g/mol. The van der Waals surface area contributed by atoms with Crippen LogP contribution in [-0.2, 0) is 0 Å². The molecule has 26 heavy (non-hydrogen) atoms. The summed E-state index contributed by atoms with van der Waals surface area (Å²) >= 11 is 0. The van der Waals surface area contributed by atoms with Crippen LogP contribution in [0.5, 0.6) is 5.75 Å². The normalized spacial score (nSPS) is 20.5. The van der Waals surface area contributed by atoms with E-state index in [2.05, 4.69) is 26.5 Å². The number of likely N-dealkylation sites (N-methyl/N-ethyl adjacent to an activating group) is 1. The third-order valence-electron chi connectivity index (χ3n) is 5.24. The summed E-state index contributed by atoms with van der Waals surface area (Å²) in [4.78, 5) is 17.2. The molecule has 1 aromatic carbocycles. The van der Waals surface area contributed by atoms with Crippen molar-refractivity contribution in [3.05, 3.63) is 28.3 Å². The van der Waals surface area contributed by atoms with Crippen molar-refractivity contribution in [2.24, 2.45) is 0 Å². The van der Waals surface area contributed by atoms with E-state index >= 15 is 0 Å². The number of hydrogen-bond acceptors (Lipinski definition) is 6. The van der Waals surface area contributed by atoms with E-state index in [9.17, 15) is 18.9 Å². The molecule has 144 valence electrons. The Labute approximate surface area is 151 Å². The lowest BCUT2D eigenvalue weighted by Gasteiger charge is -2.42. The number of anilines is 1. The number of piperidine rings is 1. The van der Waals surface area contributed by atoms with E-state index in [1.165, 1.54) is 12.1 Å². The van der Waals surface area contributed by atoms with E-state index in [1.807, 2.05) is 0 Å². The van der Waals surface area contributed by atoms with Crippen LogP contribution in [0.25, 0.3) is 0 Å². The third-order valence-corrected chi connectivity index (χ3v) is 5.24. The molecule has 3 rings (SSSR count). The van der Waals surface area contributed by atoms with Crippen LogP contribution >= 0.6 is 0 Å². The Kier molecular flexibility index (Phi) is 5.87. The first-order valence-corrected chi connectivity index (χ1v) is 8.85. The van der Waals surface area contributed by atoms with Crippen molar-refractivity contribution in [2.45, 2.75) is 25.5 Å². The van der Waals surface area contributed by atoms with Gasteiger partial charge in [-0.15, -0.1) is 0 Å². The molecule has 2 aliphatic heterocycles. The fourth-order valence-electron chi connectivity index (χ4n) is 3.72. The average Bonchev–Trinajstić information content (AvgIpc) is 2.62. The van der Waals surface area contributed by atoms with E-state index < -0.39 is 17.2 Å². The van der Waals surface area contributed by atoms with Gasteiger partial charge in [0, 0.05) is 63.1 Å². The second kappa shape index (κ2) is 8.13. The van der Waals surface area contributed by atoms with Crippen LogP contribution in [0.3, 0.4) is 0 Å². The van der Waals surface area contributed by atoms with Crippen LogP contribution in [0, 0.1) is 10.1 Å². The predicted molar refractivity (Wildman–Crippen MR) is 94.0 cm³/mol. The van der Waals surface area contributed by atoms with Gasteiger partial charge in [-0.25, -0.2) is 0 Å². The number of halogens is 2. The highest BCUT2D eigenvalue weighted by Crippen LogP contribution is 2.34. The van der Waals surface area contributed by atoms with Gasteiger partial charge in [0.05, 0.1) is 4.92 Å². The highest BCUT2D eigenvalue weighted by Gasteiger charge is 2.28. The maximum Gasteiger partial charge on any atom is 0.387 e. The van der Waals surface area contributed by atoms with E-state index in [0.29, 0.717) is 11.7 Å². The van der Waals surface area contributed by atoms with Gasteiger partial charge in [0.1, 0.15) is 0 Å². The van der Waals surface area contributed by atoms with Crippen LogP contribution < -0.4 is 9.64 Å². The monoisotopic (exact) mass is 370 g/mol. The van der Waals surface area contributed by atoms with Crippen LogP contribution in [-0.4, -0.2) is 73.7 Å². The summed E-state index contributed by atoms with van der Waals surface area (Å²) in [6.45, 7) is 2.81. The number of alkyl halides is 2. The molecule has 0 N–H and O–H groups in total. The number of ether oxygens (including phenoxy) is 1. The molecule has 7 nitrogen and oxygen atoms in total. The van der Waals surface area contributed by atoms with E-state index in [0.717, 1.165) is 52.1 Å². The molecule has 2 heterocycles. The van der Waals surface area contributed by atoms with Crippen molar-refractivity contribution in [3.63, 3.8) is 0 Å². The molecular weight excluding hydrogens is 346 g/mol. The Morgan fingerprint density at radius 1 is 1.15 bits per heavy atom. The smallest absolute Gasteiger partial charge is 0.387 e. The Bertz CT molecular complexity index is 630. The molecule has 2 saturated heterocycles. The lowest BCUT2D eigenvalue weighted by atomic mass is 10.0. The van der Waals surface area contributed by atoms with Crippen LogP contribution in [0.15, 0.2) is 18.2 Å². The van der Waals surface area contributed by atoms with Crippen LogP contribution in [0.2, 0.25) is 0 Å². The fourth-order valence-corrected chi connectivity index (χ4v) is 3.72. The molecule has 0 unspecified atom stereocenters. The summed E-state index contributed by atoms with van der Waals surface area (Å²) in [6, 6.07) is 4.72. The Morgan fingerprint density at radius 2 is 1.81 bits per heavy atom. The first-order chi connectivity index (χ1) is 12.4. The van der Waals surface area contributed by atoms with Crippen molar-refractivity contribution in [3.8, 4) is 5.75 Å². The standard InChI is InChI=1S/C17H24F2N4O3/c1-20-8-10-22(11-9-20)13-4-6-21(7-5-13)14-2-3-15(23(24)25)16(12-14)26-17(18)19/h2-3,12-13,17H,4-11H2,1H3. The molecule has 2 aliphatic rings. The topological polar surface area (TPSA) is 62.1 Å². The molecular formula is C17H24F2N4O3. The number of benzene rings is 1. The molecule has 0 radical (unpaired) electrons. The molecule has 0 saturated carbocycles. The third kappa shape index (κ3) is 4.39. The Morgan fingerprint density at radius 3 is 2.38 bits per heavy atom. The van der Waals surface area contributed by atoms with Gasteiger partial charge in [0.2, 0.25) is 5.75 Å². The van der Waals surface area contributed by atoms with Crippen molar-refractivity contribution < 1.29 is 18.4 Å². The molecule has 1 aromatic rings. The van der Waals surface area contributed by atoms with Gasteiger partial charge >= 0.3 is 12.3 Å². The van der Waals surface area contributed by atoms with Gasteiger partial charge in [0.15, 0.2) is 0 Å². The minimum atomic E-state index is -3.09. The summed E-state index contributed by atoms with van der Waals surface area (Å²) in [6.07, 6.45) is 1.98. The number of piperazine rings is 1. The van der Waals surface area contributed by atoms with Crippen molar-refractivity contribution in [1.29, 1.82) is 0 Å². The number of nitro benzene ring substituents is 1. The summed E-state index contributed by atoms with van der Waals surface area (Å²) in [5, 5.41) is 11.0. The first kappa shape index (κ1) is 18.8. The summed E-state index contributed by atoms with van der Waals surface area (Å²) in [5.74, 6) is -0.385. The zero-order valence-electron chi connectivity index (χ0n) is 14.8. The zero-order chi connectivity index (χ0) is 18.7. The highest BCUT2D eigenvalue weighted by molar-refractivity contribution is 5.59. The van der Waals surface area contributed by atoms with Gasteiger partial charge in [-0.2, -0.15) is 8.78 Å². The first-order valence-electron chi connectivity index (χ1n) is 8.85. The van der Waals surface area contributed by atoms with Gasteiger partial charge in [-0.1, -0.05) is 0 Å². The maximum atomic E-state index is 12.6. The molecule has 0 aromatic heterocycles. The van der Waals surface area contributed by atoms with Crippen molar-refractivity contribution >= 4 is 11.4 Å². The molecule has 0 aliphatic carbocycles. The van der Waals surface area contributed by atoms with E-state index in [4.69, 9.17) is 0 Å². The van der Waals surface area contributed by atoms with Gasteiger partial charge < -0.3 is 14.5 Å². The number of hydrogen-bond donors (Lipinski definition) is 0. The fraction of sp³-hybridized carbons (Fsp3) is 0.647. The van der Waals surface area contributed by atoms with Gasteiger partial charge in [-0.05, 0) is 26.0 Å². The molecule has 0 spiro atoms.